The summed E-state index contributed by atoms with van der Waals surface area (Å²) in [5, 5.41) is 3.68. The topological polar surface area (TPSA) is 76.3 Å². The van der Waals surface area contributed by atoms with Crippen molar-refractivity contribution < 1.29 is 14.1 Å². The third kappa shape index (κ3) is 2.05. The lowest BCUT2D eigenvalue weighted by molar-refractivity contribution is -0.143. The molecule has 0 bridgehead atoms. The molecule has 1 spiro atoms. The summed E-state index contributed by atoms with van der Waals surface area (Å²) in [4.78, 5) is 29.9. The van der Waals surface area contributed by atoms with Crippen molar-refractivity contribution in [1.29, 1.82) is 0 Å². The van der Waals surface area contributed by atoms with Crippen molar-refractivity contribution in [1.82, 2.24) is 15.0 Å². The Bertz CT molecular complexity index is 517. The van der Waals surface area contributed by atoms with Gasteiger partial charge in [-0.25, -0.2) is 0 Å². The van der Waals surface area contributed by atoms with Gasteiger partial charge in [0.15, 0.2) is 5.82 Å². The van der Waals surface area contributed by atoms with Crippen LogP contribution < -0.4 is 0 Å². The number of nitrogens with zero attached hydrogens (tertiary/aromatic N) is 3. The summed E-state index contributed by atoms with van der Waals surface area (Å²) in [7, 11) is 0. The molecule has 3 rings (SSSR count). The first-order valence-corrected chi connectivity index (χ1v) is 6.75. The molecule has 2 fully saturated rings. The number of hydrogen-bond acceptors (Lipinski definition) is 5. The van der Waals surface area contributed by atoms with Gasteiger partial charge in [0.25, 0.3) is 0 Å². The van der Waals surface area contributed by atoms with Crippen LogP contribution >= 0.6 is 0 Å². The Labute approximate surface area is 111 Å². The minimum absolute atomic E-state index is 0.0481. The molecular weight excluding hydrogens is 246 g/mol. The number of hydrogen-bond donors (Lipinski definition) is 0. The molecule has 0 atom stereocenters. The van der Waals surface area contributed by atoms with Crippen LogP contribution in [0.4, 0.5) is 0 Å². The van der Waals surface area contributed by atoms with Crippen molar-refractivity contribution in [3.8, 4) is 0 Å². The Morgan fingerprint density at radius 1 is 1.26 bits per heavy atom. The van der Waals surface area contributed by atoms with Crippen LogP contribution in [-0.2, 0) is 16.1 Å². The van der Waals surface area contributed by atoms with Crippen LogP contribution in [0.25, 0.3) is 0 Å². The monoisotopic (exact) mass is 263 g/mol. The van der Waals surface area contributed by atoms with E-state index in [2.05, 4.69) is 10.1 Å². The number of likely N-dealkylation sites (tertiary alicyclic amines) is 1. The van der Waals surface area contributed by atoms with Gasteiger partial charge in [0.1, 0.15) is 6.54 Å². The standard InChI is InChI=1S/C13H17N3O3/c1-9-14-10(19-15-9)8-16-11(17)7-13(12(16)18)5-3-2-4-6-13/h2-8H2,1H3. The van der Waals surface area contributed by atoms with Gasteiger partial charge in [-0.2, -0.15) is 4.98 Å². The normalized spacial score (nSPS) is 22.5. The van der Waals surface area contributed by atoms with Crippen molar-refractivity contribution in [3.63, 3.8) is 0 Å². The van der Waals surface area contributed by atoms with Gasteiger partial charge in [-0.15, -0.1) is 0 Å². The maximum absolute atomic E-state index is 12.5. The minimum Gasteiger partial charge on any atom is -0.337 e. The highest BCUT2D eigenvalue weighted by Gasteiger charge is 2.51. The number of aromatic nitrogens is 2. The molecule has 0 radical (unpaired) electrons. The minimum atomic E-state index is -0.440. The lowest BCUT2D eigenvalue weighted by Gasteiger charge is -2.30. The summed E-state index contributed by atoms with van der Waals surface area (Å²) in [6.45, 7) is 1.82. The number of carbonyl (C=O) groups excluding carboxylic acids is 2. The van der Waals surface area contributed by atoms with Crippen molar-refractivity contribution in [3.05, 3.63) is 11.7 Å². The van der Waals surface area contributed by atoms with E-state index in [4.69, 9.17) is 4.52 Å². The first-order chi connectivity index (χ1) is 9.11. The summed E-state index contributed by atoms with van der Waals surface area (Å²) in [5.41, 5.74) is -0.440. The lowest BCUT2D eigenvalue weighted by atomic mass is 9.73. The molecule has 1 aromatic rings. The van der Waals surface area contributed by atoms with E-state index < -0.39 is 5.41 Å². The van der Waals surface area contributed by atoms with Crippen LogP contribution in [0.2, 0.25) is 0 Å². The van der Waals surface area contributed by atoms with E-state index in [1.165, 1.54) is 4.90 Å². The van der Waals surface area contributed by atoms with Crippen molar-refractivity contribution in [2.45, 2.75) is 52.0 Å². The maximum Gasteiger partial charge on any atom is 0.246 e. The van der Waals surface area contributed by atoms with Gasteiger partial charge < -0.3 is 4.52 Å². The second kappa shape index (κ2) is 4.43. The fourth-order valence-corrected chi connectivity index (χ4v) is 3.18. The highest BCUT2D eigenvalue weighted by atomic mass is 16.5. The van der Waals surface area contributed by atoms with E-state index in [9.17, 15) is 9.59 Å². The summed E-state index contributed by atoms with van der Waals surface area (Å²) >= 11 is 0. The first-order valence-electron chi connectivity index (χ1n) is 6.75. The molecule has 2 heterocycles. The lowest BCUT2D eigenvalue weighted by Crippen LogP contribution is -2.36. The summed E-state index contributed by atoms with van der Waals surface area (Å²) in [6.07, 6.45) is 5.23. The second-order valence-corrected chi connectivity index (χ2v) is 5.54. The molecule has 0 N–H and O–H groups in total. The van der Waals surface area contributed by atoms with Crippen molar-refractivity contribution >= 4 is 11.8 Å². The number of carbonyl (C=O) groups is 2. The third-order valence-electron chi connectivity index (χ3n) is 4.16. The average molecular weight is 263 g/mol. The van der Waals surface area contributed by atoms with Gasteiger partial charge in [-0.1, -0.05) is 24.4 Å². The summed E-state index contributed by atoms with van der Waals surface area (Å²) in [6, 6.07) is 0. The van der Waals surface area contributed by atoms with E-state index in [1.807, 2.05) is 0 Å². The van der Waals surface area contributed by atoms with Crippen LogP contribution in [0.5, 0.6) is 0 Å². The summed E-state index contributed by atoms with van der Waals surface area (Å²) < 4.78 is 4.99. The molecule has 6 nitrogen and oxygen atoms in total. The molecule has 0 unspecified atom stereocenters. The molecule has 1 aromatic heterocycles. The molecule has 19 heavy (non-hydrogen) atoms. The van der Waals surface area contributed by atoms with Gasteiger partial charge in [-0.3, -0.25) is 14.5 Å². The Morgan fingerprint density at radius 2 is 2.00 bits per heavy atom. The average Bonchev–Trinajstić information content (AvgIpc) is 2.89. The number of rotatable bonds is 2. The van der Waals surface area contributed by atoms with Gasteiger partial charge >= 0.3 is 0 Å². The fraction of sp³-hybridized carbons (Fsp3) is 0.692. The Balaban J connectivity index is 1.79. The van der Waals surface area contributed by atoms with E-state index in [1.54, 1.807) is 6.92 Å². The van der Waals surface area contributed by atoms with E-state index in [0.29, 0.717) is 18.1 Å². The molecule has 6 heteroatoms. The second-order valence-electron chi connectivity index (χ2n) is 5.54. The van der Waals surface area contributed by atoms with Crippen LogP contribution in [0.3, 0.4) is 0 Å². The molecule has 102 valence electrons. The largest absolute Gasteiger partial charge is 0.337 e. The number of amides is 2. The van der Waals surface area contributed by atoms with Crippen LogP contribution in [0.1, 0.15) is 50.2 Å². The highest BCUT2D eigenvalue weighted by molar-refractivity contribution is 6.05. The highest BCUT2D eigenvalue weighted by Crippen LogP contribution is 2.45. The Hall–Kier alpha value is -1.72. The van der Waals surface area contributed by atoms with E-state index in [0.717, 1.165) is 32.1 Å². The first kappa shape index (κ1) is 12.3. The SMILES string of the molecule is Cc1noc(CN2C(=O)CC3(CCCCC3)C2=O)n1. The molecule has 1 aliphatic carbocycles. The van der Waals surface area contributed by atoms with Gasteiger partial charge in [0, 0.05) is 6.42 Å². The Morgan fingerprint density at radius 3 is 2.63 bits per heavy atom. The maximum atomic E-state index is 12.5. The fourth-order valence-electron chi connectivity index (χ4n) is 3.18. The number of imide groups is 1. The predicted octanol–water partition coefficient (Wildman–Crippen LogP) is 1.59. The van der Waals surface area contributed by atoms with Crippen LogP contribution in [-0.4, -0.2) is 26.9 Å². The smallest absolute Gasteiger partial charge is 0.246 e. The van der Waals surface area contributed by atoms with Gasteiger partial charge in [0.2, 0.25) is 17.7 Å². The van der Waals surface area contributed by atoms with Crippen LogP contribution in [0.15, 0.2) is 4.52 Å². The van der Waals surface area contributed by atoms with E-state index in [-0.39, 0.29) is 18.4 Å². The molecule has 1 aliphatic heterocycles. The molecule has 2 aliphatic rings. The van der Waals surface area contributed by atoms with E-state index >= 15 is 0 Å². The van der Waals surface area contributed by atoms with Crippen LogP contribution in [0, 0.1) is 12.3 Å². The third-order valence-corrected chi connectivity index (χ3v) is 4.16. The number of aryl methyl sites for hydroxylation is 1. The summed E-state index contributed by atoms with van der Waals surface area (Å²) in [5.74, 6) is 0.685. The molecule has 0 aromatic carbocycles. The molecule has 1 saturated heterocycles. The quantitative estimate of drug-likeness (QED) is 0.757. The van der Waals surface area contributed by atoms with Gasteiger partial charge in [0.05, 0.1) is 5.41 Å². The zero-order valence-corrected chi connectivity index (χ0v) is 11.0. The van der Waals surface area contributed by atoms with Crippen molar-refractivity contribution in [2.24, 2.45) is 5.41 Å². The Kier molecular flexibility index (Phi) is 2.88. The predicted molar refractivity (Wildman–Crippen MR) is 64.7 cm³/mol. The van der Waals surface area contributed by atoms with Gasteiger partial charge in [-0.05, 0) is 19.8 Å². The molecular formula is C13H17N3O3. The zero-order valence-electron chi connectivity index (χ0n) is 11.0. The van der Waals surface area contributed by atoms with Crippen molar-refractivity contribution in [2.75, 3.05) is 0 Å². The molecule has 1 saturated carbocycles. The zero-order chi connectivity index (χ0) is 13.5. The molecule has 2 amide bonds.